The summed E-state index contributed by atoms with van der Waals surface area (Å²) in [6, 6.07) is 23.7. The van der Waals surface area contributed by atoms with Gasteiger partial charge in [-0.15, -0.1) is 0 Å². The standard InChI is InChI=1S/C26H30N4O2/c27-17-9-19-29(21-23-11-3-1-4-12-23)25(31)15-7-8-16-26(32)30(20-10-18-28)22-24-13-5-2-6-14-24/h1-6,11-14H,7-10,15-16,19-22H2. The number of rotatable bonds is 13. The SMILES string of the molecule is N#CCCN(Cc1ccccc1)C(=O)CCCCC(=O)N(CCC#N)Cc1ccccc1. The number of unbranched alkanes of at least 4 members (excludes halogenated alkanes) is 1. The molecule has 166 valence electrons. The average molecular weight is 431 g/mol. The van der Waals surface area contributed by atoms with Crippen LogP contribution in [0.1, 0.15) is 49.7 Å². The van der Waals surface area contributed by atoms with Crippen molar-refractivity contribution in [1.29, 1.82) is 10.5 Å². The van der Waals surface area contributed by atoms with Crippen molar-refractivity contribution in [2.45, 2.75) is 51.6 Å². The Labute approximate surface area is 190 Å². The van der Waals surface area contributed by atoms with Gasteiger partial charge in [0.1, 0.15) is 0 Å². The second-order valence-corrected chi connectivity index (χ2v) is 7.63. The van der Waals surface area contributed by atoms with Gasteiger partial charge in [0.15, 0.2) is 0 Å². The van der Waals surface area contributed by atoms with Crippen LogP contribution < -0.4 is 0 Å². The van der Waals surface area contributed by atoms with Crippen molar-refractivity contribution in [3.05, 3.63) is 71.8 Å². The minimum atomic E-state index is 0.00201. The van der Waals surface area contributed by atoms with Crippen LogP contribution in [0.5, 0.6) is 0 Å². The molecule has 0 spiro atoms. The zero-order chi connectivity index (χ0) is 23.0. The van der Waals surface area contributed by atoms with E-state index in [1.807, 2.05) is 60.7 Å². The quantitative estimate of drug-likeness (QED) is 0.440. The van der Waals surface area contributed by atoms with Gasteiger partial charge in [0.25, 0.3) is 0 Å². The molecule has 32 heavy (non-hydrogen) atoms. The predicted molar refractivity (Wildman–Crippen MR) is 123 cm³/mol. The zero-order valence-corrected chi connectivity index (χ0v) is 18.4. The second-order valence-electron chi connectivity index (χ2n) is 7.63. The molecule has 2 amide bonds. The summed E-state index contributed by atoms with van der Waals surface area (Å²) in [5.41, 5.74) is 2.06. The van der Waals surface area contributed by atoms with Crippen molar-refractivity contribution in [1.82, 2.24) is 9.80 Å². The van der Waals surface area contributed by atoms with E-state index < -0.39 is 0 Å². The van der Waals surface area contributed by atoms with Gasteiger partial charge in [0.05, 0.1) is 25.0 Å². The van der Waals surface area contributed by atoms with Crippen molar-refractivity contribution in [2.24, 2.45) is 0 Å². The van der Waals surface area contributed by atoms with Crippen LogP contribution in [0.25, 0.3) is 0 Å². The Kier molecular flexibility index (Phi) is 11.1. The van der Waals surface area contributed by atoms with E-state index >= 15 is 0 Å². The monoisotopic (exact) mass is 430 g/mol. The Bertz CT molecular complexity index is 839. The molecular weight excluding hydrogens is 400 g/mol. The van der Waals surface area contributed by atoms with E-state index in [2.05, 4.69) is 12.1 Å². The van der Waals surface area contributed by atoms with Crippen LogP contribution in [0.2, 0.25) is 0 Å². The molecule has 2 aromatic rings. The minimum absolute atomic E-state index is 0.00201. The minimum Gasteiger partial charge on any atom is -0.337 e. The Morgan fingerprint density at radius 1 is 0.656 bits per heavy atom. The van der Waals surface area contributed by atoms with Gasteiger partial charge in [-0.2, -0.15) is 10.5 Å². The fraction of sp³-hybridized carbons (Fsp3) is 0.385. The third-order valence-corrected chi connectivity index (χ3v) is 5.16. The highest BCUT2D eigenvalue weighted by molar-refractivity contribution is 5.77. The maximum absolute atomic E-state index is 12.7. The second kappa shape index (κ2) is 14.4. The van der Waals surface area contributed by atoms with Crippen LogP contribution in [-0.4, -0.2) is 34.7 Å². The van der Waals surface area contributed by atoms with Crippen LogP contribution in [0, 0.1) is 22.7 Å². The number of nitrogens with zero attached hydrogens (tertiary/aromatic N) is 4. The van der Waals surface area contributed by atoms with Crippen LogP contribution in [0.15, 0.2) is 60.7 Å². The summed E-state index contributed by atoms with van der Waals surface area (Å²) in [6.07, 6.45) is 2.51. The van der Waals surface area contributed by atoms with Crippen LogP contribution in [0.4, 0.5) is 0 Å². The molecule has 0 atom stereocenters. The van der Waals surface area contributed by atoms with Crippen LogP contribution in [-0.2, 0) is 22.7 Å². The number of hydrogen-bond donors (Lipinski definition) is 0. The smallest absolute Gasteiger partial charge is 0.222 e. The van der Waals surface area contributed by atoms with Gasteiger partial charge in [-0.25, -0.2) is 0 Å². The first kappa shape index (κ1) is 24.6. The van der Waals surface area contributed by atoms with Gasteiger partial charge in [-0.3, -0.25) is 9.59 Å². The van der Waals surface area contributed by atoms with Gasteiger partial charge in [-0.1, -0.05) is 60.7 Å². The Morgan fingerprint density at radius 2 is 1.03 bits per heavy atom. The molecule has 0 heterocycles. The van der Waals surface area contributed by atoms with Crippen molar-refractivity contribution >= 4 is 11.8 Å². The highest BCUT2D eigenvalue weighted by Gasteiger charge is 2.16. The molecule has 6 heteroatoms. The molecule has 0 aliphatic heterocycles. The topological polar surface area (TPSA) is 88.2 Å². The lowest BCUT2D eigenvalue weighted by atomic mass is 10.1. The molecule has 0 radical (unpaired) electrons. The first-order valence-electron chi connectivity index (χ1n) is 11.0. The van der Waals surface area contributed by atoms with Gasteiger partial charge in [0, 0.05) is 39.0 Å². The molecule has 0 saturated carbocycles. The van der Waals surface area contributed by atoms with E-state index in [1.54, 1.807) is 9.80 Å². The van der Waals surface area contributed by atoms with Crippen LogP contribution >= 0.6 is 0 Å². The van der Waals surface area contributed by atoms with E-state index in [0.717, 1.165) is 11.1 Å². The Morgan fingerprint density at radius 3 is 1.38 bits per heavy atom. The fourth-order valence-electron chi connectivity index (χ4n) is 3.43. The number of carbonyl (C=O) groups is 2. The molecule has 0 unspecified atom stereocenters. The molecular formula is C26H30N4O2. The first-order valence-corrected chi connectivity index (χ1v) is 11.0. The maximum atomic E-state index is 12.7. The van der Waals surface area contributed by atoms with Gasteiger partial charge in [0.2, 0.25) is 11.8 Å². The summed E-state index contributed by atoms with van der Waals surface area (Å²) in [7, 11) is 0. The maximum Gasteiger partial charge on any atom is 0.222 e. The van der Waals surface area contributed by atoms with Crippen molar-refractivity contribution in [3.63, 3.8) is 0 Å². The van der Waals surface area contributed by atoms with Crippen LogP contribution in [0.3, 0.4) is 0 Å². The summed E-state index contributed by atoms with van der Waals surface area (Å²) >= 11 is 0. The van der Waals surface area contributed by atoms with Crippen molar-refractivity contribution in [2.75, 3.05) is 13.1 Å². The molecule has 0 aromatic heterocycles. The molecule has 0 aliphatic rings. The number of hydrogen-bond acceptors (Lipinski definition) is 4. The predicted octanol–water partition coefficient (Wildman–Crippen LogP) is 4.43. The highest BCUT2D eigenvalue weighted by Crippen LogP contribution is 2.12. The van der Waals surface area contributed by atoms with Crippen molar-refractivity contribution in [3.8, 4) is 12.1 Å². The van der Waals surface area contributed by atoms with E-state index in [0.29, 0.717) is 64.7 Å². The molecule has 2 rings (SSSR count). The Hall–Kier alpha value is -3.64. The lowest BCUT2D eigenvalue weighted by Crippen LogP contribution is -2.32. The summed E-state index contributed by atoms with van der Waals surface area (Å²) in [5.74, 6) is 0.00403. The molecule has 0 bridgehead atoms. The zero-order valence-electron chi connectivity index (χ0n) is 18.4. The van der Waals surface area contributed by atoms with E-state index in [1.165, 1.54) is 0 Å². The molecule has 0 saturated heterocycles. The Balaban J connectivity index is 1.82. The number of benzene rings is 2. The lowest BCUT2D eigenvalue weighted by molar-refractivity contribution is -0.133. The number of amides is 2. The highest BCUT2D eigenvalue weighted by atomic mass is 16.2. The lowest BCUT2D eigenvalue weighted by Gasteiger charge is -2.23. The van der Waals surface area contributed by atoms with Gasteiger partial charge >= 0.3 is 0 Å². The van der Waals surface area contributed by atoms with E-state index in [4.69, 9.17) is 10.5 Å². The van der Waals surface area contributed by atoms with Gasteiger partial charge < -0.3 is 9.80 Å². The largest absolute Gasteiger partial charge is 0.337 e. The third kappa shape index (κ3) is 9.02. The van der Waals surface area contributed by atoms with E-state index in [-0.39, 0.29) is 11.8 Å². The summed E-state index contributed by atoms with van der Waals surface area (Å²) in [6.45, 7) is 1.78. The normalized spacial score (nSPS) is 10.1. The first-order chi connectivity index (χ1) is 15.6. The molecule has 0 N–H and O–H groups in total. The number of nitriles is 2. The molecule has 2 aromatic carbocycles. The molecule has 6 nitrogen and oxygen atoms in total. The number of carbonyl (C=O) groups excluding carboxylic acids is 2. The third-order valence-electron chi connectivity index (χ3n) is 5.16. The average Bonchev–Trinajstić information content (AvgIpc) is 2.83. The van der Waals surface area contributed by atoms with E-state index in [9.17, 15) is 9.59 Å². The molecule has 0 fully saturated rings. The molecule has 0 aliphatic carbocycles. The summed E-state index contributed by atoms with van der Waals surface area (Å²) in [4.78, 5) is 28.8. The summed E-state index contributed by atoms with van der Waals surface area (Å²) in [5, 5.41) is 17.8. The van der Waals surface area contributed by atoms with Gasteiger partial charge in [-0.05, 0) is 24.0 Å². The summed E-state index contributed by atoms with van der Waals surface area (Å²) < 4.78 is 0. The fourth-order valence-corrected chi connectivity index (χ4v) is 3.43. The van der Waals surface area contributed by atoms with Crippen molar-refractivity contribution < 1.29 is 9.59 Å².